The second-order valence-corrected chi connectivity index (χ2v) is 4.27. The van der Waals surface area contributed by atoms with Crippen LogP contribution in [-0.2, 0) is 6.42 Å². The van der Waals surface area contributed by atoms with Crippen molar-refractivity contribution < 1.29 is 0 Å². The Bertz CT molecular complexity index is 526. The summed E-state index contributed by atoms with van der Waals surface area (Å²) in [5, 5.41) is 7.76. The number of fused-ring (bicyclic) bond motifs is 1. The second-order valence-electron chi connectivity index (χ2n) is 4.27. The van der Waals surface area contributed by atoms with Crippen LogP contribution in [-0.4, -0.2) is 25.6 Å². The number of aromatic nitrogens is 4. The number of nitrogens with one attached hydrogen (secondary N) is 1. The van der Waals surface area contributed by atoms with E-state index in [0.29, 0.717) is 11.8 Å². The van der Waals surface area contributed by atoms with Gasteiger partial charge in [-0.2, -0.15) is 14.6 Å². The first-order valence-corrected chi connectivity index (χ1v) is 5.75. The van der Waals surface area contributed by atoms with E-state index in [2.05, 4.69) is 27.3 Å². The largest absolute Gasteiger partial charge is 0.367 e. The molecule has 3 rings (SSSR count). The lowest BCUT2D eigenvalue weighted by Gasteiger charge is -2.13. The molecule has 16 heavy (non-hydrogen) atoms. The molecule has 0 radical (unpaired) electrons. The molecule has 0 aromatic carbocycles. The van der Waals surface area contributed by atoms with Crippen molar-refractivity contribution in [1.82, 2.24) is 19.6 Å². The third kappa shape index (κ3) is 1.43. The molecule has 0 spiro atoms. The van der Waals surface area contributed by atoms with Crippen molar-refractivity contribution in [1.29, 1.82) is 0 Å². The van der Waals surface area contributed by atoms with Gasteiger partial charge in [-0.25, -0.2) is 4.98 Å². The maximum absolute atomic E-state index is 4.44. The van der Waals surface area contributed by atoms with Gasteiger partial charge in [0.2, 0.25) is 0 Å². The van der Waals surface area contributed by atoms with Gasteiger partial charge in [-0.1, -0.05) is 6.92 Å². The van der Waals surface area contributed by atoms with Gasteiger partial charge < -0.3 is 5.32 Å². The molecule has 5 heteroatoms. The third-order valence-electron chi connectivity index (χ3n) is 3.00. The summed E-state index contributed by atoms with van der Waals surface area (Å²) in [6.45, 7) is 4.18. The van der Waals surface area contributed by atoms with Crippen LogP contribution in [0.3, 0.4) is 0 Å². The van der Waals surface area contributed by atoms with Crippen LogP contribution in [0.2, 0.25) is 0 Å². The first-order chi connectivity index (χ1) is 7.79. The molecule has 84 valence electrons. The van der Waals surface area contributed by atoms with Crippen LogP contribution in [0.5, 0.6) is 0 Å². The summed E-state index contributed by atoms with van der Waals surface area (Å²) in [4.78, 5) is 8.59. The van der Waals surface area contributed by atoms with Crippen LogP contribution in [0, 0.1) is 6.92 Å². The van der Waals surface area contributed by atoms with Crippen molar-refractivity contribution in [3.63, 3.8) is 0 Å². The highest BCUT2D eigenvalue weighted by Gasteiger charge is 2.24. The fourth-order valence-corrected chi connectivity index (χ4v) is 1.98. The normalized spacial score (nSPS) is 15.6. The summed E-state index contributed by atoms with van der Waals surface area (Å²) in [5.41, 5.74) is 2.29. The van der Waals surface area contributed by atoms with E-state index in [1.54, 1.807) is 6.33 Å². The van der Waals surface area contributed by atoms with Crippen LogP contribution in [0.25, 0.3) is 5.78 Å². The molecule has 1 fully saturated rings. The minimum atomic E-state index is 0.611. The maximum atomic E-state index is 4.44. The minimum Gasteiger partial charge on any atom is -0.367 e. The van der Waals surface area contributed by atoms with Gasteiger partial charge in [0, 0.05) is 17.3 Å². The Morgan fingerprint density at radius 2 is 2.31 bits per heavy atom. The molecule has 0 saturated heterocycles. The van der Waals surface area contributed by atoms with E-state index >= 15 is 0 Å². The smallest absolute Gasteiger partial charge is 0.254 e. The number of anilines is 1. The highest BCUT2D eigenvalue weighted by Crippen LogP contribution is 2.27. The summed E-state index contributed by atoms with van der Waals surface area (Å²) in [7, 11) is 0. The van der Waals surface area contributed by atoms with Gasteiger partial charge in [0.1, 0.15) is 12.1 Å². The molecule has 0 bridgehead atoms. The molecule has 5 nitrogen and oxygen atoms in total. The number of aryl methyl sites for hydroxylation is 1. The maximum Gasteiger partial charge on any atom is 0.254 e. The van der Waals surface area contributed by atoms with Crippen LogP contribution in [0.1, 0.15) is 31.0 Å². The summed E-state index contributed by atoms with van der Waals surface area (Å²) >= 11 is 0. The number of hydrogen-bond acceptors (Lipinski definition) is 4. The molecular weight excluding hydrogens is 202 g/mol. The average molecular weight is 217 g/mol. The zero-order valence-electron chi connectivity index (χ0n) is 9.56. The van der Waals surface area contributed by atoms with Gasteiger partial charge in [0.15, 0.2) is 0 Å². The predicted octanol–water partition coefficient (Wildman–Crippen LogP) is 1.57. The molecule has 1 aliphatic carbocycles. The average Bonchev–Trinajstić information content (AvgIpc) is 2.95. The Hall–Kier alpha value is -1.65. The summed E-state index contributed by atoms with van der Waals surface area (Å²) in [6, 6.07) is 0.611. The highest BCUT2D eigenvalue weighted by molar-refractivity contribution is 5.53. The molecule has 1 saturated carbocycles. The third-order valence-corrected chi connectivity index (χ3v) is 3.00. The van der Waals surface area contributed by atoms with Crippen molar-refractivity contribution in [2.45, 2.75) is 39.2 Å². The Labute approximate surface area is 93.9 Å². The molecule has 2 aromatic heterocycles. The van der Waals surface area contributed by atoms with Crippen LogP contribution in [0.15, 0.2) is 6.33 Å². The van der Waals surface area contributed by atoms with Gasteiger partial charge in [0.05, 0.1) is 0 Å². The van der Waals surface area contributed by atoms with E-state index < -0.39 is 0 Å². The molecule has 2 aromatic rings. The topological polar surface area (TPSA) is 55.1 Å². The van der Waals surface area contributed by atoms with Crippen molar-refractivity contribution in [3.8, 4) is 0 Å². The Morgan fingerprint density at radius 1 is 1.50 bits per heavy atom. The molecule has 0 atom stereocenters. The lowest BCUT2D eigenvalue weighted by molar-refractivity contribution is 0.884. The fraction of sp³-hybridized carbons (Fsp3) is 0.545. The summed E-state index contributed by atoms with van der Waals surface area (Å²) < 4.78 is 1.81. The minimum absolute atomic E-state index is 0.611. The number of rotatable bonds is 3. The van der Waals surface area contributed by atoms with Gasteiger partial charge in [-0.15, -0.1) is 0 Å². The van der Waals surface area contributed by atoms with Gasteiger partial charge in [0.25, 0.3) is 5.78 Å². The van der Waals surface area contributed by atoms with Crippen LogP contribution >= 0.6 is 0 Å². The molecule has 0 unspecified atom stereocenters. The Kier molecular flexibility index (Phi) is 2.05. The first kappa shape index (κ1) is 9.57. The fourth-order valence-electron chi connectivity index (χ4n) is 1.98. The standard InChI is InChI=1S/C11H15N5/c1-3-9-7(2)14-11-12-6-13-16(11)10(9)15-8-4-5-8/h6,8,15H,3-5H2,1-2H3. The Balaban J connectivity index is 2.20. The van der Waals surface area contributed by atoms with Crippen molar-refractivity contribution >= 4 is 11.6 Å². The molecule has 1 N–H and O–H groups in total. The van der Waals surface area contributed by atoms with E-state index in [1.807, 2.05) is 11.4 Å². The zero-order valence-corrected chi connectivity index (χ0v) is 9.56. The Morgan fingerprint density at radius 3 is 3.00 bits per heavy atom. The van der Waals surface area contributed by atoms with Gasteiger partial charge in [-0.05, 0) is 26.2 Å². The second kappa shape index (κ2) is 3.43. The van der Waals surface area contributed by atoms with Crippen LogP contribution in [0.4, 0.5) is 5.82 Å². The lowest BCUT2D eigenvalue weighted by Crippen LogP contribution is -2.12. The SMILES string of the molecule is CCc1c(C)nc2ncnn2c1NC1CC1. The lowest BCUT2D eigenvalue weighted by atomic mass is 10.1. The summed E-state index contributed by atoms with van der Waals surface area (Å²) in [5.74, 6) is 1.75. The van der Waals surface area contributed by atoms with Crippen LogP contribution < -0.4 is 5.32 Å². The van der Waals surface area contributed by atoms with Crippen molar-refractivity contribution in [3.05, 3.63) is 17.6 Å². The number of nitrogens with zero attached hydrogens (tertiary/aromatic N) is 4. The summed E-state index contributed by atoms with van der Waals surface area (Å²) in [6.07, 6.45) is 5.02. The highest BCUT2D eigenvalue weighted by atomic mass is 15.4. The van der Waals surface area contributed by atoms with E-state index in [1.165, 1.54) is 18.4 Å². The quantitative estimate of drug-likeness (QED) is 0.847. The zero-order chi connectivity index (χ0) is 11.1. The van der Waals surface area contributed by atoms with Crippen molar-refractivity contribution in [2.75, 3.05) is 5.32 Å². The molecule has 0 aliphatic heterocycles. The number of hydrogen-bond donors (Lipinski definition) is 1. The van der Waals surface area contributed by atoms with E-state index in [4.69, 9.17) is 0 Å². The van der Waals surface area contributed by atoms with Gasteiger partial charge >= 0.3 is 0 Å². The molecule has 2 heterocycles. The molecule has 1 aliphatic rings. The predicted molar refractivity (Wildman–Crippen MR) is 61.5 cm³/mol. The van der Waals surface area contributed by atoms with E-state index in [-0.39, 0.29) is 0 Å². The monoisotopic (exact) mass is 217 g/mol. The van der Waals surface area contributed by atoms with E-state index in [9.17, 15) is 0 Å². The molecule has 0 amide bonds. The molecular formula is C11H15N5. The van der Waals surface area contributed by atoms with E-state index in [0.717, 1.165) is 17.9 Å². The first-order valence-electron chi connectivity index (χ1n) is 5.75. The van der Waals surface area contributed by atoms with Crippen molar-refractivity contribution in [2.24, 2.45) is 0 Å². The van der Waals surface area contributed by atoms with Gasteiger partial charge in [-0.3, -0.25) is 0 Å².